The Balaban J connectivity index is 1.45. The summed E-state index contributed by atoms with van der Waals surface area (Å²) >= 11 is 0. The Kier molecular flexibility index (Phi) is 4.69. The second-order valence-electron chi connectivity index (χ2n) is 6.39. The van der Waals surface area contributed by atoms with Gasteiger partial charge >= 0.3 is 0 Å². The van der Waals surface area contributed by atoms with Crippen LogP contribution in [-0.2, 0) is 19.5 Å². The van der Waals surface area contributed by atoms with Crippen LogP contribution in [-0.4, -0.2) is 29.1 Å². The first-order valence-electron chi connectivity index (χ1n) is 8.95. The van der Waals surface area contributed by atoms with E-state index < -0.39 is 0 Å². The number of nitrogens with one attached hydrogen (secondary N) is 1. The number of aliphatic imine (C=N–C) groups is 1. The minimum Gasteiger partial charge on any atom is -0.349 e. The zero-order valence-electron chi connectivity index (χ0n) is 15.0. The number of guanidine groups is 1. The molecule has 1 aliphatic rings. The fraction of sp³-hybridized carbons (Fsp3) is 0.238. The normalized spacial score (nSPS) is 13.7. The fourth-order valence-electron chi connectivity index (χ4n) is 3.44. The highest BCUT2D eigenvalue weighted by atomic mass is 15.3. The molecule has 4 rings (SSSR count). The molecule has 0 saturated carbocycles. The largest absolute Gasteiger partial charge is 0.349 e. The summed E-state index contributed by atoms with van der Waals surface area (Å²) in [5, 5.41) is 3.47. The van der Waals surface area contributed by atoms with Crippen LogP contribution in [0.25, 0.3) is 0 Å². The Morgan fingerprint density at radius 3 is 2.77 bits per heavy atom. The summed E-state index contributed by atoms with van der Waals surface area (Å²) in [7, 11) is 1.83. The van der Waals surface area contributed by atoms with Gasteiger partial charge < -0.3 is 14.8 Å². The standard InChI is InChI=1S/C21H23N5/c1-22-21(26-13-11-18-9-5-6-10-19(18)26)24-15-20-23-12-14-25(20)16-17-7-3-2-4-8-17/h2-10,12,14H,11,13,15-16H2,1H3,(H,22,24). The number of fused-ring (bicyclic) bond motifs is 1. The third-order valence-corrected chi connectivity index (χ3v) is 4.76. The average molecular weight is 345 g/mol. The molecule has 5 heteroatoms. The Labute approximate surface area is 154 Å². The van der Waals surface area contributed by atoms with Crippen molar-refractivity contribution in [1.82, 2.24) is 14.9 Å². The lowest BCUT2D eigenvalue weighted by atomic mass is 10.2. The van der Waals surface area contributed by atoms with Gasteiger partial charge in [-0.25, -0.2) is 4.98 Å². The summed E-state index contributed by atoms with van der Waals surface area (Å²) < 4.78 is 2.17. The Morgan fingerprint density at radius 2 is 1.92 bits per heavy atom. The first-order chi connectivity index (χ1) is 12.8. The van der Waals surface area contributed by atoms with Crippen molar-refractivity contribution in [3.63, 3.8) is 0 Å². The highest BCUT2D eigenvalue weighted by Gasteiger charge is 2.22. The summed E-state index contributed by atoms with van der Waals surface area (Å²) in [4.78, 5) is 11.2. The van der Waals surface area contributed by atoms with Gasteiger partial charge in [-0.2, -0.15) is 0 Å². The molecule has 0 atom stereocenters. The number of para-hydroxylation sites is 1. The maximum atomic E-state index is 4.52. The smallest absolute Gasteiger partial charge is 0.198 e. The van der Waals surface area contributed by atoms with Crippen LogP contribution in [0, 0.1) is 0 Å². The van der Waals surface area contributed by atoms with Crippen LogP contribution in [0.5, 0.6) is 0 Å². The molecule has 2 aromatic carbocycles. The topological polar surface area (TPSA) is 45.5 Å². The van der Waals surface area contributed by atoms with Gasteiger partial charge in [-0.3, -0.25) is 4.99 Å². The summed E-state index contributed by atoms with van der Waals surface area (Å²) in [6, 6.07) is 19.0. The van der Waals surface area contributed by atoms with Gasteiger partial charge in [0.2, 0.25) is 0 Å². The highest BCUT2D eigenvalue weighted by molar-refractivity contribution is 5.97. The number of anilines is 1. The second-order valence-corrected chi connectivity index (χ2v) is 6.39. The number of hydrogen-bond donors (Lipinski definition) is 1. The lowest BCUT2D eigenvalue weighted by Crippen LogP contribution is -2.40. The first kappa shape index (κ1) is 16.4. The van der Waals surface area contributed by atoms with Crippen LogP contribution in [0.15, 0.2) is 72.0 Å². The van der Waals surface area contributed by atoms with Gasteiger partial charge in [-0.15, -0.1) is 0 Å². The summed E-state index contributed by atoms with van der Waals surface area (Å²) in [5.74, 6) is 1.90. The van der Waals surface area contributed by atoms with Crippen molar-refractivity contribution >= 4 is 11.6 Å². The number of aromatic nitrogens is 2. The Bertz CT molecular complexity index is 898. The molecular formula is C21H23N5. The number of imidazole rings is 1. The van der Waals surface area contributed by atoms with Gasteiger partial charge in [0.15, 0.2) is 5.96 Å². The van der Waals surface area contributed by atoms with Gasteiger partial charge in [-0.05, 0) is 23.6 Å². The number of rotatable bonds is 4. The summed E-state index contributed by atoms with van der Waals surface area (Å²) in [6.07, 6.45) is 4.94. The van der Waals surface area contributed by atoms with Crippen molar-refractivity contribution in [3.8, 4) is 0 Å². The zero-order chi connectivity index (χ0) is 17.8. The maximum Gasteiger partial charge on any atom is 0.198 e. The van der Waals surface area contributed by atoms with Crippen molar-refractivity contribution in [2.24, 2.45) is 4.99 Å². The van der Waals surface area contributed by atoms with E-state index in [4.69, 9.17) is 0 Å². The van der Waals surface area contributed by atoms with Crippen LogP contribution in [0.1, 0.15) is 17.0 Å². The summed E-state index contributed by atoms with van der Waals surface area (Å²) in [6.45, 7) is 2.42. The molecule has 0 radical (unpaired) electrons. The van der Waals surface area contributed by atoms with Crippen molar-refractivity contribution in [3.05, 3.63) is 83.9 Å². The molecule has 3 aromatic rings. The van der Waals surface area contributed by atoms with E-state index in [1.54, 1.807) is 0 Å². The van der Waals surface area contributed by atoms with E-state index in [9.17, 15) is 0 Å². The number of benzene rings is 2. The fourth-order valence-corrected chi connectivity index (χ4v) is 3.44. The molecule has 0 bridgehead atoms. The molecule has 1 N–H and O–H groups in total. The molecule has 0 aliphatic carbocycles. The van der Waals surface area contributed by atoms with E-state index in [0.29, 0.717) is 6.54 Å². The first-order valence-corrected chi connectivity index (χ1v) is 8.95. The monoisotopic (exact) mass is 345 g/mol. The molecule has 0 amide bonds. The quantitative estimate of drug-likeness (QED) is 0.584. The van der Waals surface area contributed by atoms with Gasteiger partial charge in [-0.1, -0.05) is 48.5 Å². The molecule has 0 saturated heterocycles. The van der Waals surface area contributed by atoms with Crippen LogP contribution in [0.2, 0.25) is 0 Å². The van der Waals surface area contributed by atoms with E-state index in [-0.39, 0.29) is 0 Å². The Hall–Kier alpha value is -3.08. The van der Waals surface area contributed by atoms with Gasteiger partial charge in [0, 0.05) is 38.2 Å². The molecule has 26 heavy (non-hydrogen) atoms. The molecule has 0 spiro atoms. The SMILES string of the molecule is CN=C(NCc1nccn1Cc1ccccc1)N1CCc2ccccc21. The third kappa shape index (κ3) is 3.33. The molecule has 1 aromatic heterocycles. The minimum absolute atomic E-state index is 0.644. The van der Waals surface area contributed by atoms with E-state index >= 15 is 0 Å². The van der Waals surface area contributed by atoms with Crippen LogP contribution < -0.4 is 10.2 Å². The number of nitrogens with zero attached hydrogens (tertiary/aromatic N) is 4. The summed E-state index contributed by atoms with van der Waals surface area (Å²) in [5.41, 5.74) is 3.89. The van der Waals surface area contributed by atoms with Crippen molar-refractivity contribution in [2.75, 3.05) is 18.5 Å². The van der Waals surface area contributed by atoms with Crippen molar-refractivity contribution in [2.45, 2.75) is 19.5 Å². The van der Waals surface area contributed by atoms with Gasteiger partial charge in [0.25, 0.3) is 0 Å². The molecule has 2 heterocycles. The van der Waals surface area contributed by atoms with Gasteiger partial charge in [0.1, 0.15) is 5.82 Å². The number of hydrogen-bond acceptors (Lipinski definition) is 2. The third-order valence-electron chi connectivity index (χ3n) is 4.76. The molecular weight excluding hydrogens is 322 g/mol. The Morgan fingerprint density at radius 1 is 1.12 bits per heavy atom. The predicted molar refractivity (Wildman–Crippen MR) is 105 cm³/mol. The van der Waals surface area contributed by atoms with E-state index in [1.807, 2.05) is 25.5 Å². The maximum absolute atomic E-state index is 4.52. The minimum atomic E-state index is 0.644. The van der Waals surface area contributed by atoms with Crippen LogP contribution >= 0.6 is 0 Å². The van der Waals surface area contributed by atoms with Crippen molar-refractivity contribution < 1.29 is 0 Å². The molecule has 5 nitrogen and oxygen atoms in total. The lowest BCUT2D eigenvalue weighted by Gasteiger charge is -2.22. The van der Waals surface area contributed by atoms with Gasteiger partial charge in [0.05, 0.1) is 6.54 Å². The molecule has 0 fully saturated rings. The molecule has 0 unspecified atom stereocenters. The van der Waals surface area contributed by atoms with Crippen LogP contribution in [0.3, 0.4) is 0 Å². The van der Waals surface area contributed by atoms with Crippen molar-refractivity contribution in [1.29, 1.82) is 0 Å². The van der Waals surface area contributed by atoms with E-state index in [1.165, 1.54) is 16.8 Å². The predicted octanol–water partition coefficient (Wildman–Crippen LogP) is 3.07. The zero-order valence-corrected chi connectivity index (χ0v) is 15.0. The average Bonchev–Trinajstić information content (AvgIpc) is 3.31. The highest BCUT2D eigenvalue weighted by Crippen LogP contribution is 2.27. The van der Waals surface area contributed by atoms with E-state index in [2.05, 4.69) is 73.3 Å². The molecule has 132 valence electrons. The lowest BCUT2D eigenvalue weighted by molar-refractivity contribution is 0.695. The molecule has 1 aliphatic heterocycles. The second kappa shape index (κ2) is 7.44. The van der Waals surface area contributed by atoms with E-state index in [0.717, 1.165) is 31.3 Å². The van der Waals surface area contributed by atoms with Crippen LogP contribution in [0.4, 0.5) is 5.69 Å².